The number of aryl methyl sites for hydroxylation is 1. The van der Waals surface area contributed by atoms with Crippen molar-refractivity contribution < 1.29 is 39.0 Å². The molecule has 47 heavy (non-hydrogen) atoms. The van der Waals surface area contributed by atoms with Crippen LogP contribution in [0.3, 0.4) is 0 Å². The number of nitrogens with one attached hydrogen (secondary N) is 1. The van der Waals surface area contributed by atoms with E-state index in [4.69, 9.17) is 16.3 Å². The molecule has 5 heterocycles. The van der Waals surface area contributed by atoms with Gasteiger partial charge in [-0.3, -0.25) is 24.1 Å². The number of nitrogens with two attached hydrogens (primary N) is 2. The van der Waals surface area contributed by atoms with E-state index in [1.807, 2.05) is 0 Å². The fraction of sp³-hybridized carbons (Fsp3) is 0.321. The van der Waals surface area contributed by atoms with E-state index in [0.717, 1.165) is 34.1 Å². The fourth-order valence-electron chi connectivity index (χ4n) is 4.93. The molecule has 3 atom stereocenters. The molecule has 1 saturated heterocycles. The van der Waals surface area contributed by atoms with Crippen LogP contribution in [0.15, 0.2) is 51.0 Å². The zero-order chi connectivity index (χ0) is 34.4. The van der Waals surface area contributed by atoms with Gasteiger partial charge < -0.3 is 36.4 Å². The molecule has 2 unspecified atom stereocenters. The number of thiazole rings is 1. The monoisotopic (exact) mass is 684 g/mol. The standard InChI is InChI=1S/C28H28N8O9S2/c1-4-35-14(8-15(37)11-6-5-7-31-21(11)35)20(38)16(29)12-9-46-24-18(23(40)36(24)19(12)25(41)42)33-22(39)17(13-10-47-27(30)32-13)34-45-28(2,3)26(43)44/h5-8,10,16,18,24H,4,9,29H2,1-3H3,(H2,30,32)(H,33,39)(H,41,42)(H,43,44)/b34-17-/t16?,18?,24-/m1/s1. The van der Waals surface area contributed by atoms with Crippen molar-refractivity contribution in [3.05, 3.63) is 62.7 Å². The number of carbonyl (C=O) groups excluding carboxylic acids is 3. The third-order valence-corrected chi connectivity index (χ3v) is 9.42. The molecule has 0 aromatic carbocycles. The summed E-state index contributed by atoms with van der Waals surface area (Å²) < 4.78 is 1.51. The Morgan fingerprint density at radius 2 is 1.98 bits per heavy atom. The van der Waals surface area contributed by atoms with Gasteiger partial charge in [-0.05, 0) is 38.5 Å². The number of ketones is 1. The summed E-state index contributed by atoms with van der Waals surface area (Å²) in [6, 6.07) is 1.53. The summed E-state index contributed by atoms with van der Waals surface area (Å²) in [6.07, 6.45) is 1.47. The highest BCUT2D eigenvalue weighted by Gasteiger charge is 2.55. The molecule has 0 bridgehead atoms. The number of amides is 2. The molecule has 2 aliphatic heterocycles. The molecule has 17 nitrogen and oxygen atoms in total. The van der Waals surface area contributed by atoms with Crippen molar-refractivity contribution in [3.63, 3.8) is 0 Å². The number of rotatable bonds is 11. The average Bonchev–Trinajstić information content (AvgIpc) is 3.47. The Labute approximate surface area is 273 Å². The highest BCUT2D eigenvalue weighted by atomic mass is 32.2. The minimum absolute atomic E-state index is 0.0431. The lowest BCUT2D eigenvalue weighted by Crippen LogP contribution is -2.71. The maximum atomic E-state index is 13.7. The lowest BCUT2D eigenvalue weighted by Gasteiger charge is -2.49. The van der Waals surface area contributed by atoms with Gasteiger partial charge in [-0.2, -0.15) is 0 Å². The van der Waals surface area contributed by atoms with Gasteiger partial charge in [-0.15, -0.1) is 23.1 Å². The van der Waals surface area contributed by atoms with Gasteiger partial charge in [-0.25, -0.2) is 19.6 Å². The Morgan fingerprint density at radius 3 is 2.60 bits per heavy atom. The third kappa shape index (κ3) is 5.95. The summed E-state index contributed by atoms with van der Waals surface area (Å²) in [6.45, 7) is 4.42. The molecule has 2 amide bonds. The second-order valence-electron chi connectivity index (χ2n) is 10.8. The number of thioether (sulfide) groups is 1. The Kier molecular flexibility index (Phi) is 8.89. The lowest BCUT2D eigenvalue weighted by molar-refractivity contribution is -0.161. The van der Waals surface area contributed by atoms with Gasteiger partial charge in [0.15, 0.2) is 22.1 Å². The predicted molar refractivity (Wildman–Crippen MR) is 170 cm³/mol. The number of nitrogen functional groups attached to an aromatic ring is 1. The van der Waals surface area contributed by atoms with Crippen LogP contribution in [0.4, 0.5) is 5.13 Å². The lowest BCUT2D eigenvalue weighted by atomic mass is 9.95. The van der Waals surface area contributed by atoms with E-state index >= 15 is 0 Å². The molecule has 246 valence electrons. The molecule has 0 radical (unpaired) electrons. The minimum atomic E-state index is -1.82. The number of nitrogens with zero attached hydrogens (tertiary/aromatic N) is 5. The minimum Gasteiger partial charge on any atom is -0.478 e. The van der Waals surface area contributed by atoms with Gasteiger partial charge >= 0.3 is 11.9 Å². The molecular weight excluding hydrogens is 656 g/mol. The second kappa shape index (κ2) is 12.6. The first-order valence-corrected chi connectivity index (χ1v) is 15.8. The molecule has 0 saturated carbocycles. The number of aromatic nitrogens is 3. The third-order valence-electron chi connectivity index (χ3n) is 7.44. The van der Waals surface area contributed by atoms with Gasteiger partial charge in [-0.1, -0.05) is 5.16 Å². The van der Waals surface area contributed by atoms with Crippen LogP contribution in [0.2, 0.25) is 0 Å². The summed E-state index contributed by atoms with van der Waals surface area (Å²) in [5.74, 6) is -5.50. The SMILES string of the molecule is CCn1c(C(=O)C(N)C2=C(C(=O)O)N3C(=O)C(NC(=O)/C(=N\OC(C)(C)C(=O)O)c4csc(N)n4)[C@H]3SC2)cc(=O)c2cccnc21. The maximum absolute atomic E-state index is 13.7. The molecule has 7 N–H and O–H groups in total. The molecule has 0 aliphatic carbocycles. The molecule has 3 aromatic heterocycles. The summed E-state index contributed by atoms with van der Waals surface area (Å²) in [4.78, 5) is 91.4. The zero-order valence-electron chi connectivity index (χ0n) is 25.0. The van der Waals surface area contributed by atoms with E-state index in [-0.39, 0.29) is 40.0 Å². The van der Waals surface area contributed by atoms with E-state index in [2.05, 4.69) is 20.4 Å². The van der Waals surface area contributed by atoms with Gasteiger partial charge in [0.2, 0.25) is 5.60 Å². The number of β-lactam (4-membered cyclic amide) rings is 1. The largest absolute Gasteiger partial charge is 0.478 e. The number of anilines is 1. The number of carbonyl (C=O) groups is 5. The Balaban J connectivity index is 1.42. The summed E-state index contributed by atoms with van der Waals surface area (Å²) in [5, 5.41) is 26.5. The number of Topliss-reactive ketones (excluding diaryl/α,β-unsaturated/α-hetero) is 1. The molecule has 2 aliphatic rings. The van der Waals surface area contributed by atoms with Crippen LogP contribution >= 0.6 is 23.1 Å². The zero-order valence-corrected chi connectivity index (χ0v) is 26.6. The second-order valence-corrected chi connectivity index (χ2v) is 12.8. The first kappa shape index (κ1) is 33.2. The van der Waals surface area contributed by atoms with Crippen LogP contribution in [0, 0.1) is 0 Å². The molecule has 0 spiro atoms. The molecule has 5 rings (SSSR count). The molecule has 19 heteroatoms. The van der Waals surface area contributed by atoms with Crippen LogP contribution < -0.4 is 22.2 Å². The van der Waals surface area contributed by atoms with Crippen LogP contribution in [-0.2, 0) is 30.6 Å². The number of hydrogen-bond acceptors (Lipinski definition) is 14. The van der Waals surface area contributed by atoms with Crippen molar-refractivity contribution in [1.82, 2.24) is 24.8 Å². The van der Waals surface area contributed by atoms with Gasteiger partial charge in [0.25, 0.3) is 11.8 Å². The number of carboxylic acid groups (broad SMARTS) is 2. The number of carboxylic acids is 2. The molecular formula is C28H28N8O9S2. The van der Waals surface area contributed by atoms with E-state index in [9.17, 15) is 39.0 Å². The van der Waals surface area contributed by atoms with Crippen LogP contribution in [-0.4, -0.2) is 93.7 Å². The van der Waals surface area contributed by atoms with Crippen molar-refractivity contribution in [2.75, 3.05) is 11.5 Å². The first-order chi connectivity index (χ1) is 22.2. The smallest absolute Gasteiger partial charge is 0.352 e. The van der Waals surface area contributed by atoms with Crippen LogP contribution in [0.25, 0.3) is 11.0 Å². The predicted octanol–water partition coefficient (Wildman–Crippen LogP) is -0.0122. The van der Waals surface area contributed by atoms with Crippen molar-refractivity contribution in [1.29, 1.82) is 0 Å². The normalized spacial score (nSPS) is 18.8. The number of hydrogen-bond donors (Lipinski definition) is 5. The molecule has 3 aromatic rings. The van der Waals surface area contributed by atoms with Gasteiger partial charge in [0.1, 0.15) is 28.5 Å². The fourth-order valence-corrected chi connectivity index (χ4v) is 6.88. The topological polar surface area (TPSA) is 262 Å². The Bertz CT molecular complexity index is 1970. The number of aliphatic carboxylic acids is 2. The number of fused-ring (bicyclic) bond motifs is 2. The van der Waals surface area contributed by atoms with E-state index in [1.165, 1.54) is 30.0 Å². The van der Waals surface area contributed by atoms with Crippen molar-refractivity contribution >= 4 is 74.5 Å². The average molecular weight is 685 g/mol. The quantitative estimate of drug-likeness (QED) is 0.0770. The van der Waals surface area contributed by atoms with Crippen molar-refractivity contribution in [3.8, 4) is 0 Å². The highest BCUT2D eigenvalue weighted by Crippen LogP contribution is 2.41. The number of pyridine rings is 2. The van der Waals surface area contributed by atoms with Gasteiger partial charge in [0, 0.05) is 29.9 Å². The highest BCUT2D eigenvalue weighted by molar-refractivity contribution is 8.00. The number of oxime groups is 1. The molecule has 1 fully saturated rings. The van der Waals surface area contributed by atoms with E-state index in [0.29, 0.717) is 5.39 Å². The summed E-state index contributed by atoms with van der Waals surface area (Å²) >= 11 is 2.04. The van der Waals surface area contributed by atoms with Gasteiger partial charge in [0.05, 0.1) is 17.1 Å². The van der Waals surface area contributed by atoms with E-state index < -0.39 is 69.4 Å². The summed E-state index contributed by atoms with van der Waals surface area (Å²) in [5.41, 5.74) is 8.87. The van der Waals surface area contributed by atoms with Crippen molar-refractivity contribution in [2.45, 2.75) is 50.4 Å². The maximum Gasteiger partial charge on any atom is 0.352 e. The Morgan fingerprint density at radius 1 is 1.26 bits per heavy atom. The first-order valence-electron chi connectivity index (χ1n) is 13.9. The van der Waals surface area contributed by atoms with Crippen LogP contribution in [0.5, 0.6) is 0 Å². The van der Waals surface area contributed by atoms with E-state index in [1.54, 1.807) is 19.1 Å². The van der Waals surface area contributed by atoms with Crippen molar-refractivity contribution in [2.24, 2.45) is 10.9 Å². The summed E-state index contributed by atoms with van der Waals surface area (Å²) in [7, 11) is 0. The van der Waals surface area contributed by atoms with Crippen LogP contribution in [0.1, 0.15) is 37.0 Å². The Hall–Kier alpha value is -5.14.